The fraction of sp³-hybridized carbons (Fsp3) is 0.800. The molecule has 0 aromatic carbocycles. The summed E-state index contributed by atoms with van der Waals surface area (Å²) in [4.78, 5) is 8.61. The minimum Gasteiger partial charge on any atom is -0.362 e. The van der Waals surface area contributed by atoms with Crippen molar-refractivity contribution in [2.24, 2.45) is 5.92 Å². The van der Waals surface area contributed by atoms with Crippen LogP contribution in [0.15, 0.2) is 6.20 Å². The normalized spacial score (nSPS) is 28.1. The van der Waals surface area contributed by atoms with Gasteiger partial charge in [-0.3, -0.25) is 4.90 Å². The standard InChI is InChI=1S/C15H25N3S/c1-2-16-15-17-10-13(19-15)11-18-9-5-7-12-6-3-4-8-14(12)18/h10,12,14H,2-9,11H2,1H3,(H,16,17). The Morgan fingerprint density at radius 3 is 3.05 bits per heavy atom. The summed E-state index contributed by atoms with van der Waals surface area (Å²) in [5, 5.41) is 4.39. The molecule has 1 saturated carbocycles. The van der Waals surface area contributed by atoms with Crippen LogP contribution in [-0.4, -0.2) is 29.0 Å². The highest BCUT2D eigenvalue weighted by Gasteiger charge is 2.33. The average molecular weight is 279 g/mol. The number of nitrogens with one attached hydrogen (secondary N) is 1. The van der Waals surface area contributed by atoms with Gasteiger partial charge in [0.05, 0.1) is 0 Å². The summed E-state index contributed by atoms with van der Waals surface area (Å²) in [7, 11) is 0. The average Bonchev–Trinajstić information content (AvgIpc) is 2.87. The summed E-state index contributed by atoms with van der Waals surface area (Å²) in [6.45, 7) is 5.49. The highest BCUT2D eigenvalue weighted by atomic mass is 32.1. The van der Waals surface area contributed by atoms with Crippen LogP contribution in [0.2, 0.25) is 0 Å². The molecule has 3 nitrogen and oxygen atoms in total. The van der Waals surface area contributed by atoms with Gasteiger partial charge in [0, 0.05) is 30.2 Å². The van der Waals surface area contributed by atoms with E-state index in [9.17, 15) is 0 Å². The molecule has 3 rings (SSSR count). The van der Waals surface area contributed by atoms with Crippen molar-refractivity contribution in [3.8, 4) is 0 Å². The Balaban J connectivity index is 1.63. The lowest BCUT2D eigenvalue weighted by Crippen LogP contribution is -2.46. The smallest absolute Gasteiger partial charge is 0.182 e. The predicted molar refractivity (Wildman–Crippen MR) is 81.7 cm³/mol. The third kappa shape index (κ3) is 3.11. The van der Waals surface area contributed by atoms with Crippen LogP contribution in [0.25, 0.3) is 0 Å². The van der Waals surface area contributed by atoms with Crippen LogP contribution < -0.4 is 5.32 Å². The van der Waals surface area contributed by atoms with Gasteiger partial charge < -0.3 is 5.32 Å². The van der Waals surface area contributed by atoms with Crippen LogP contribution in [0, 0.1) is 5.92 Å². The third-order valence-corrected chi connectivity index (χ3v) is 5.54. The van der Waals surface area contributed by atoms with Gasteiger partial charge >= 0.3 is 0 Å². The van der Waals surface area contributed by atoms with Crippen molar-refractivity contribution in [2.75, 3.05) is 18.4 Å². The Morgan fingerprint density at radius 1 is 1.32 bits per heavy atom. The Kier molecular flexibility index (Phi) is 4.38. The van der Waals surface area contributed by atoms with Crippen molar-refractivity contribution < 1.29 is 0 Å². The van der Waals surface area contributed by atoms with E-state index in [0.717, 1.165) is 30.2 Å². The number of piperidine rings is 1. The lowest BCUT2D eigenvalue weighted by Gasteiger charge is -2.44. The Morgan fingerprint density at radius 2 is 2.16 bits per heavy atom. The maximum absolute atomic E-state index is 4.46. The largest absolute Gasteiger partial charge is 0.362 e. The first-order valence-electron chi connectivity index (χ1n) is 7.79. The quantitative estimate of drug-likeness (QED) is 0.910. The molecule has 0 spiro atoms. The zero-order valence-corrected chi connectivity index (χ0v) is 12.7. The fourth-order valence-corrected chi connectivity index (χ4v) is 4.64. The summed E-state index contributed by atoms with van der Waals surface area (Å²) in [6, 6.07) is 0.854. The summed E-state index contributed by atoms with van der Waals surface area (Å²) >= 11 is 1.83. The second-order valence-corrected chi connectivity index (χ2v) is 7.00. The van der Waals surface area contributed by atoms with E-state index in [4.69, 9.17) is 0 Å². The summed E-state index contributed by atoms with van der Waals surface area (Å²) in [5.74, 6) is 0.976. The van der Waals surface area contributed by atoms with Gasteiger partial charge in [0.25, 0.3) is 0 Å². The van der Waals surface area contributed by atoms with E-state index in [1.54, 1.807) is 0 Å². The molecule has 0 bridgehead atoms. The maximum atomic E-state index is 4.46. The Labute approximate surface area is 120 Å². The number of anilines is 1. The van der Waals surface area contributed by atoms with Crippen molar-refractivity contribution in [1.82, 2.24) is 9.88 Å². The van der Waals surface area contributed by atoms with E-state index >= 15 is 0 Å². The van der Waals surface area contributed by atoms with E-state index < -0.39 is 0 Å². The van der Waals surface area contributed by atoms with Crippen LogP contribution in [0.3, 0.4) is 0 Å². The number of thiazole rings is 1. The first kappa shape index (κ1) is 13.4. The molecule has 2 atom stereocenters. The summed E-state index contributed by atoms with van der Waals surface area (Å²) < 4.78 is 0. The summed E-state index contributed by atoms with van der Waals surface area (Å²) in [5.41, 5.74) is 0. The third-order valence-electron chi connectivity index (χ3n) is 4.60. The number of hydrogen-bond donors (Lipinski definition) is 1. The number of aromatic nitrogens is 1. The topological polar surface area (TPSA) is 28.2 Å². The van der Waals surface area contributed by atoms with E-state index in [2.05, 4.69) is 28.3 Å². The molecule has 0 radical (unpaired) electrons. The molecular weight excluding hydrogens is 254 g/mol. The number of nitrogens with zero attached hydrogens (tertiary/aromatic N) is 2. The monoisotopic (exact) mass is 279 g/mol. The Bertz CT molecular complexity index is 402. The molecule has 1 aromatic heterocycles. The molecule has 1 saturated heterocycles. The molecule has 2 unspecified atom stereocenters. The second-order valence-electron chi connectivity index (χ2n) is 5.89. The van der Waals surface area contributed by atoms with E-state index in [-0.39, 0.29) is 0 Å². The molecule has 2 heterocycles. The highest BCUT2D eigenvalue weighted by Crippen LogP contribution is 2.36. The lowest BCUT2D eigenvalue weighted by atomic mass is 9.78. The molecule has 2 aliphatic rings. The van der Waals surface area contributed by atoms with Gasteiger partial charge in [-0.2, -0.15) is 0 Å². The molecular formula is C15H25N3S. The predicted octanol–water partition coefficient (Wildman–Crippen LogP) is 3.73. The van der Waals surface area contributed by atoms with Crippen LogP contribution in [0.4, 0.5) is 5.13 Å². The number of rotatable bonds is 4. The molecule has 19 heavy (non-hydrogen) atoms. The number of hydrogen-bond acceptors (Lipinski definition) is 4. The van der Waals surface area contributed by atoms with Crippen molar-refractivity contribution in [3.05, 3.63) is 11.1 Å². The van der Waals surface area contributed by atoms with Crippen molar-refractivity contribution >= 4 is 16.5 Å². The first-order chi connectivity index (χ1) is 9.36. The maximum Gasteiger partial charge on any atom is 0.182 e. The minimum absolute atomic E-state index is 0.854. The minimum atomic E-state index is 0.854. The SMILES string of the molecule is CCNc1ncc(CN2CCCC3CCCCC32)s1. The van der Waals surface area contributed by atoms with Crippen molar-refractivity contribution in [2.45, 2.75) is 58.0 Å². The molecule has 1 aromatic rings. The van der Waals surface area contributed by atoms with Gasteiger partial charge in [-0.1, -0.05) is 12.8 Å². The molecule has 106 valence electrons. The van der Waals surface area contributed by atoms with Crippen LogP contribution in [0.5, 0.6) is 0 Å². The molecule has 1 N–H and O–H groups in total. The van der Waals surface area contributed by atoms with E-state index in [0.29, 0.717) is 0 Å². The molecule has 2 fully saturated rings. The number of fused-ring (bicyclic) bond motifs is 1. The zero-order valence-electron chi connectivity index (χ0n) is 11.9. The van der Waals surface area contributed by atoms with E-state index in [1.165, 1.54) is 49.9 Å². The first-order valence-corrected chi connectivity index (χ1v) is 8.61. The van der Waals surface area contributed by atoms with Gasteiger partial charge in [-0.15, -0.1) is 11.3 Å². The Hall–Kier alpha value is -0.610. The molecule has 4 heteroatoms. The van der Waals surface area contributed by atoms with Gasteiger partial charge in [0.15, 0.2) is 5.13 Å². The van der Waals surface area contributed by atoms with Crippen LogP contribution in [0.1, 0.15) is 50.3 Å². The van der Waals surface area contributed by atoms with Gasteiger partial charge in [0.1, 0.15) is 0 Å². The van der Waals surface area contributed by atoms with E-state index in [1.807, 2.05) is 11.3 Å². The number of likely N-dealkylation sites (tertiary alicyclic amines) is 1. The van der Waals surface area contributed by atoms with Gasteiger partial charge in [-0.05, 0) is 45.1 Å². The lowest BCUT2D eigenvalue weighted by molar-refractivity contribution is 0.0554. The second kappa shape index (κ2) is 6.23. The zero-order chi connectivity index (χ0) is 13.1. The van der Waals surface area contributed by atoms with Crippen molar-refractivity contribution in [1.29, 1.82) is 0 Å². The highest BCUT2D eigenvalue weighted by molar-refractivity contribution is 7.15. The van der Waals surface area contributed by atoms with Crippen molar-refractivity contribution in [3.63, 3.8) is 0 Å². The summed E-state index contributed by atoms with van der Waals surface area (Å²) in [6.07, 6.45) is 10.7. The molecule has 0 amide bonds. The van der Waals surface area contributed by atoms with Gasteiger partial charge in [-0.25, -0.2) is 4.98 Å². The fourth-order valence-electron chi connectivity index (χ4n) is 3.74. The van der Waals surface area contributed by atoms with Crippen LogP contribution >= 0.6 is 11.3 Å². The molecule has 1 aliphatic carbocycles. The molecule has 1 aliphatic heterocycles. The van der Waals surface area contributed by atoms with Gasteiger partial charge in [0.2, 0.25) is 0 Å². The van der Waals surface area contributed by atoms with Crippen LogP contribution in [-0.2, 0) is 6.54 Å².